The standard InChI is InChI=1S/C28H24ClN5O2/c1-3-23-26(17-4-6-19(29)7-5-17)27-31-16-22-25(34(27)32-23)11-13-33(28(22)35)12-10-18-15-30-24-9-8-20(36-2)14-21(18)24/h4-9,11,13-16,30H,3,10,12H2,1-2H3. The Morgan fingerprint density at radius 1 is 1.08 bits per heavy atom. The number of nitrogens with zero attached hydrogens (tertiary/aromatic N) is 4. The molecule has 0 unspecified atom stereocenters. The Hall–Kier alpha value is -4.10. The van der Waals surface area contributed by atoms with Gasteiger partial charge in [-0.2, -0.15) is 5.10 Å². The number of aromatic amines is 1. The van der Waals surface area contributed by atoms with Crippen LogP contribution in [0.4, 0.5) is 0 Å². The molecule has 8 heteroatoms. The number of ether oxygens (including phenoxy) is 1. The molecule has 0 aliphatic heterocycles. The minimum Gasteiger partial charge on any atom is -0.497 e. The highest BCUT2D eigenvalue weighted by Gasteiger charge is 2.18. The Balaban J connectivity index is 1.39. The largest absolute Gasteiger partial charge is 0.497 e. The summed E-state index contributed by atoms with van der Waals surface area (Å²) >= 11 is 6.09. The van der Waals surface area contributed by atoms with Gasteiger partial charge < -0.3 is 14.3 Å². The highest BCUT2D eigenvalue weighted by Crippen LogP contribution is 2.30. The van der Waals surface area contributed by atoms with E-state index in [0.29, 0.717) is 23.4 Å². The van der Waals surface area contributed by atoms with Crippen molar-refractivity contribution in [3.05, 3.63) is 93.8 Å². The molecule has 0 aliphatic carbocycles. The first-order chi connectivity index (χ1) is 17.6. The number of nitrogens with one attached hydrogen (secondary N) is 1. The van der Waals surface area contributed by atoms with Gasteiger partial charge in [-0.25, -0.2) is 9.50 Å². The molecule has 0 atom stereocenters. The fraction of sp³-hybridized carbons (Fsp3) is 0.179. The number of hydrogen-bond donors (Lipinski definition) is 1. The van der Waals surface area contributed by atoms with Gasteiger partial charge in [0.2, 0.25) is 0 Å². The van der Waals surface area contributed by atoms with Crippen LogP contribution in [0.3, 0.4) is 0 Å². The molecule has 2 aromatic carbocycles. The van der Waals surface area contributed by atoms with Crippen LogP contribution in [0.5, 0.6) is 5.75 Å². The van der Waals surface area contributed by atoms with Crippen molar-refractivity contribution < 1.29 is 4.74 Å². The quantitative estimate of drug-likeness (QED) is 0.322. The molecule has 6 rings (SSSR count). The third-order valence-corrected chi connectivity index (χ3v) is 6.97. The van der Waals surface area contributed by atoms with Gasteiger partial charge in [0.25, 0.3) is 5.56 Å². The summed E-state index contributed by atoms with van der Waals surface area (Å²) in [7, 11) is 1.66. The lowest BCUT2D eigenvalue weighted by Crippen LogP contribution is -2.21. The van der Waals surface area contributed by atoms with Gasteiger partial charge in [-0.05, 0) is 60.4 Å². The van der Waals surface area contributed by atoms with Crippen LogP contribution in [0.2, 0.25) is 5.02 Å². The Morgan fingerprint density at radius 2 is 1.92 bits per heavy atom. The molecule has 180 valence electrons. The van der Waals surface area contributed by atoms with Gasteiger partial charge in [0.15, 0.2) is 5.65 Å². The van der Waals surface area contributed by atoms with Crippen molar-refractivity contribution >= 4 is 39.1 Å². The van der Waals surface area contributed by atoms with Crippen LogP contribution in [0.1, 0.15) is 18.2 Å². The molecule has 0 saturated carbocycles. The summed E-state index contributed by atoms with van der Waals surface area (Å²) in [5.74, 6) is 0.810. The van der Waals surface area contributed by atoms with Crippen LogP contribution in [-0.2, 0) is 19.4 Å². The highest BCUT2D eigenvalue weighted by atomic mass is 35.5. The summed E-state index contributed by atoms with van der Waals surface area (Å²) in [6.07, 6.45) is 6.96. The molecule has 6 aromatic rings. The summed E-state index contributed by atoms with van der Waals surface area (Å²) in [4.78, 5) is 21.4. The molecule has 0 radical (unpaired) electrons. The molecular weight excluding hydrogens is 474 g/mol. The number of halogens is 1. The number of H-pyrrole nitrogens is 1. The number of rotatable bonds is 6. The molecule has 4 heterocycles. The van der Waals surface area contributed by atoms with Crippen LogP contribution >= 0.6 is 11.6 Å². The van der Waals surface area contributed by atoms with Crippen molar-refractivity contribution in [1.29, 1.82) is 0 Å². The molecule has 36 heavy (non-hydrogen) atoms. The maximum atomic E-state index is 13.4. The van der Waals surface area contributed by atoms with Crippen molar-refractivity contribution in [3.63, 3.8) is 0 Å². The van der Waals surface area contributed by atoms with E-state index in [9.17, 15) is 4.79 Å². The zero-order valence-corrected chi connectivity index (χ0v) is 20.7. The SMILES string of the molecule is CCc1nn2c(ncc3c(=O)n(CCc4c[nH]c5ccc(OC)cc45)ccc32)c1-c1ccc(Cl)cc1. The molecule has 0 spiro atoms. The van der Waals surface area contributed by atoms with E-state index in [1.54, 1.807) is 22.4 Å². The first-order valence-corrected chi connectivity index (χ1v) is 12.2. The van der Waals surface area contributed by atoms with Gasteiger partial charge in [0, 0.05) is 46.6 Å². The fourth-order valence-electron chi connectivity index (χ4n) is 4.82. The van der Waals surface area contributed by atoms with Gasteiger partial charge in [0.1, 0.15) is 5.75 Å². The smallest absolute Gasteiger partial charge is 0.261 e. The summed E-state index contributed by atoms with van der Waals surface area (Å²) in [6.45, 7) is 2.61. The molecule has 0 saturated heterocycles. The lowest BCUT2D eigenvalue weighted by Gasteiger charge is -2.08. The summed E-state index contributed by atoms with van der Waals surface area (Å²) in [5.41, 5.74) is 6.47. The van der Waals surface area contributed by atoms with Crippen LogP contribution < -0.4 is 10.3 Å². The van der Waals surface area contributed by atoms with E-state index in [1.807, 2.05) is 60.9 Å². The topological polar surface area (TPSA) is 77.2 Å². The van der Waals surface area contributed by atoms with E-state index in [0.717, 1.165) is 56.6 Å². The van der Waals surface area contributed by atoms with Crippen molar-refractivity contribution in [2.24, 2.45) is 0 Å². The van der Waals surface area contributed by atoms with Crippen molar-refractivity contribution in [1.82, 2.24) is 24.1 Å². The first-order valence-electron chi connectivity index (χ1n) is 11.9. The van der Waals surface area contributed by atoms with Crippen LogP contribution in [-0.4, -0.2) is 31.3 Å². The average Bonchev–Trinajstić information content (AvgIpc) is 3.49. The number of hydrogen-bond acceptors (Lipinski definition) is 4. The second-order valence-corrected chi connectivity index (χ2v) is 9.20. The molecule has 0 bridgehead atoms. The van der Waals surface area contributed by atoms with Gasteiger partial charge in [-0.1, -0.05) is 30.7 Å². The van der Waals surface area contributed by atoms with Crippen molar-refractivity contribution in [3.8, 4) is 16.9 Å². The maximum absolute atomic E-state index is 13.4. The Labute approximate surface area is 211 Å². The van der Waals surface area contributed by atoms with Crippen molar-refractivity contribution in [2.75, 3.05) is 7.11 Å². The van der Waals surface area contributed by atoms with Crippen molar-refractivity contribution in [2.45, 2.75) is 26.3 Å². The third-order valence-electron chi connectivity index (χ3n) is 6.72. The van der Waals surface area contributed by atoms with E-state index in [1.165, 1.54) is 0 Å². The Kier molecular flexibility index (Phi) is 5.49. The second-order valence-electron chi connectivity index (χ2n) is 8.76. The molecule has 7 nitrogen and oxygen atoms in total. The predicted octanol–water partition coefficient (Wildman–Crippen LogP) is 5.66. The van der Waals surface area contributed by atoms with Gasteiger partial charge in [0.05, 0.1) is 23.7 Å². The molecule has 0 amide bonds. The molecule has 0 fully saturated rings. The minimum absolute atomic E-state index is 0.0825. The van der Waals surface area contributed by atoms with E-state index >= 15 is 0 Å². The zero-order chi connectivity index (χ0) is 24.8. The number of benzene rings is 2. The minimum atomic E-state index is -0.0825. The maximum Gasteiger partial charge on any atom is 0.261 e. The summed E-state index contributed by atoms with van der Waals surface area (Å²) in [6, 6.07) is 15.6. The molecule has 0 aliphatic rings. The van der Waals surface area contributed by atoms with E-state index in [4.69, 9.17) is 21.4 Å². The molecule has 1 N–H and O–H groups in total. The molecule has 4 aromatic heterocycles. The van der Waals surface area contributed by atoms with Gasteiger partial charge in [-0.15, -0.1) is 0 Å². The van der Waals surface area contributed by atoms with Crippen LogP contribution in [0.25, 0.3) is 38.6 Å². The number of pyridine rings is 1. The number of aromatic nitrogens is 5. The number of aryl methyl sites for hydroxylation is 3. The normalized spacial score (nSPS) is 11.6. The zero-order valence-electron chi connectivity index (χ0n) is 20.0. The monoisotopic (exact) mass is 497 g/mol. The van der Waals surface area contributed by atoms with Gasteiger partial charge >= 0.3 is 0 Å². The third kappa shape index (κ3) is 3.63. The second kappa shape index (κ2) is 8.84. The summed E-state index contributed by atoms with van der Waals surface area (Å²) < 4.78 is 8.90. The lowest BCUT2D eigenvalue weighted by molar-refractivity contribution is 0.415. The highest BCUT2D eigenvalue weighted by molar-refractivity contribution is 6.30. The van der Waals surface area contributed by atoms with Crippen LogP contribution in [0.15, 0.2) is 71.9 Å². The Morgan fingerprint density at radius 3 is 2.69 bits per heavy atom. The summed E-state index contributed by atoms with van der Waals surface area (Å²) in [5, 5.41) is 7.14. The number of fused-ring (bicyclic) bond motifs is 4. The average molecular weight is 498 g/mol. The first kappa shape index (κ1) is 22.4. The van der Waals surface area contributed by atoms with Gasteiger partial charge in [-0.3, -0.25) is 4.79 Å². The Bertz CT molecular complexity index is 1800. The van der Waals surface area contributed by atoms with Crippen LogP contribution in [0, 0.1) is 0 Å². The molecular formula is C28H24ClN5O2. The van der Waals surface area contributed by atoms with E-state index < -0.39 is 0 Å². The fourth-order valence-corrected chi connectivity index (χ4v) is 4.95. The lowest BCUT2D eigenvalue weighted by atomic mass is 10.0. The van der Waals surface area contributed by atoms with E-state index in [2.05, 4.69) is 16.9 Å². The predicted molar refractivity (Wildman–Crippen MR) is 143 cm³/mol. The number of methoxy groups -OCH3 is 1. The van der Waals surface area contributed by atoms with E-state index in [-0.39, 0.29) is 5.56 Å².